The van der Waals surface area contributed by atoms with E-state index in [2.05, 4.69) is 5.10 Å². The lowest BCUT2D eigenvalue weighted by Gasteiger charge is -2.12. The summed E-state index contributed by atoms with van der Waals surface area (Å²) in [4.78, 5) is 0. The van der Waals surface area contributed by atoms with Crippen LogP contribution in [0.4, 0.5) is 4.39 Å². The van der Waals surface area contributed by atoms with Crippen molar-refractivity contribution >= 4 is 11.6 Å². The van der Waals surface area contributed by atoms with E-state index in [4.69, 9.17) is 11.6 Å². The van der Waals surface area contributed by atoms with Crippen LogP contribution in [0.1, 0.15) is 30.0 Å². The Bertz CT molecular complexity index is 583. The first-order chi connectivity index (χ1) is 9.01. The number of rotatable bonds is 4. The Labute approximate surface area is 116 Å². The van der Waals surface area contributed by atoms with Gasteiger partial charge in [-0.1, -0.05) is 18.5 Å². The van der Waals surface area contributed by atoms with Crippen molar-refractivity contribution in [1.82, 2.24) is 9.78 Å². The quantitative estimate of drug-likeness (QED) is 0.936. The molecule has 0 aliphatic carbocycles. The van der Waals surface area contributed by atoms with Crippen LogP contribution in [-0.4, -0.2) is 14.9 Å². The zero-order valence-corrected chi connectivity index (χ0v) is 11.7. The third kappa shape index (κ3) is 3.14. The minimum absolute atomic E-state index is 0.215. The standard InChI is InChI=1S/C14H16ClFN2O/c1-3-10-7-11(18(2)17-10)8-14(19)12-6-9(15)4-5-13(12)16/h4-7,14,19H,3,8H2,1-2H3. The van der Waals surface area contributed by atoms with Gasteiger partial charge in [0.15, 0.2) is 0 Å². The number of benzene rings is 1. The molecule has 2 rings (SSSR count). The van der Waals surface area contributed by atoms with Crippen molar-refractivity contribution in [3.63, 3.8) is 0 Å². The van der Waals surface area contributed by atoms with Gasteiger partial charge in [0.1, 0.15) is 5.82 Å². The fourth-order valence-corrected chi connectivity index (χ4v) is 2.19. The van der Waals surface area contributed by atoms with Gasteiger partial charge < -0.3 is 5.11 Å². The summed E-state index contributed by atoms with van der Waals surface area (Å²) in [6.07, 6.45) is 0.203. The fourth-order valence-electron chi connectivity index (χ4n) is 2.01. The van der Waals surface area contributed by atoms with Gasteiger partial charge in [-0.25, -0.2) is 4.39 Å². The molecule has 0 fully saturated rings. The third-order valence-corrected chi connectivity index (χ3v) is 3.34. The molecule has 0 bridgehead atoms. The second-order valence-corrected chi connectivity index (χ2v) is 4.93. The van der Waals surface area contributed by atoms with E-state index in [1.165, 1.54) is 18.2 Å². The van der Waals surface area contributed by atoms with Crippen LogP contribution in [0.15, 0.2) is 24.3 Å². The van der Waals surface area contributed by atoms with Gasteiger partial charge in [-0.2, -0.15) is 5.10 Å². The van der Waals surface area contributed by atoms with Gasteiger partial charge in [-0.3, -0.25) is 4.68 Å². The SMILES string of the molecule is CCc1cc(CC(O)c2cc(Cl)ccc2F)n(C)n1. The van der Waals surface area contributed by atoms with E-state index in [0.29, 0.717) is 11.4 Å². The number of halogens is 2. The molecule has 19 heavy (non-hydrogen) atoms. The van der Waals surface area contributed by atoms with Crippen molar-refractivity contribution in [3.05, 3.63) is 52.1 Å². The highest BCUT2D eigenvalue weighted by Crippen LogP contribution is 2.24. The predicted octanol–water partition coefficient (Wildman–Crippen LogP) is 3.05. The van der Waals surface area contributed by atoms with Crippen molar-refractivity contribution in [2.75, 3.05) is 0 Å². The molecule has 0 amide bonds. The maximum absolute atomic E-state index is 13.7. The van der Waals surface area contributed by atoms with E-state index >= 15 is 0 Å². The molecule has 1 aromatic heterocycles. The average Bonchev–Trinajstić information content (AvgIpc) is 2.73. The zero-order valence-electron chi connectivity index (χ0n) is 10.9. The Kier molecular flexibility index (Phi) is 4.22. The Morgan fingerprint density at radius 2 is 2.16 bits per heavy atom. The van der Waals surface area contributed by atoms with E-state index in [0.717, 1.165) is 17.8 Å². The van der Waals surface area contributed by atoms with Crippen LogP contribution < -0.4 is 0 Å². The molecule has 5 heteroatoms. The molecule has 1 unspecified atom stereocenters. The van der Waals surface area contributed by atoms with Crippen LogP contribution in [0.3, 0.4) is 0 Å². The van der Waals surface area contributed by atoms with Crippen molar-refractivity contribution in [1.29, 1.82) is 0 Å². The first-order valence-corrected chi connectivity index (χ1v) is 6.54. The molecule has 0 aliphatic heterocycles. The number of aliphatic hydroxyl groups is 1. The van der Waals surface area contributed by atoms with Crippen LogP contribution >= 0.6 is 11.6 Å². The monoisotopic (exact) mass is 282 g/mol. The van der Waals surface area contributed by atoms with Crippen molar-refractivity contribution < 1.29 is 9.50 Å². The topological polar surface area (TPSA) is 38.0 Å². The smallest absolute Gasteiger partial charge is 0.129 e. The molecular formula is C14H16ClFN2O. The highest BCUT2D eigenvalue weighted by molar-refractivity contribution is 6.30. The van der Waals surface area contributed by atoms with E-state index in [1.54, 1.807) is 4.68 Å². The number of aromatic nitrogens is 2. The summed E-state index contributed by atoms with van der Waals surface area (Å²) in [6.45, 7) is 2.01. The second-order valence-electron chi connectivity index (χ2n) is 4.49. The normalized spacial score (nSPS) is 12.7. The summed E-state index contributed by atoms with van der Waals surface area (Å²) in [7, 11) is 1.82. The molecule has 2 aromatic rings. The van der Waals surface area contributed by atoms with Crippen molar-refractivity contribution in [3.8, 4) is 0 Å². The maximum Gasteiger partial charge on any atom is 0.129 e. The highest BCUT2D eigenvalue weighted by atomic mass is 35.5. The van der Waals surface area contributed by atoms with Crippen LogP contribution in [0.2, 0.25) is 5.02 Å². The molecule has 3 nitrogen and oxygen atoms in total. The van der Waals surface area contributed by atoms with E-state index < -0.39 is 11.9 Å². The predicted molar refractivity (Wildman–Crippen MR) is 72.7 cm³/mol. The van der Waals surface area contributed by atoms with Crippen LogP contribution in [-0.2, 0) is 19.9 Å². The van der Waals surface area contributed by atoms with Gasteiger partial charge in [-0.05, 0) is 30.7 Å². The van der Waals surface area contributed by atoms with E-state index in [9.17, 15) is 9.50 Å². The van der Waals surface area contributed by atoms with Gasteiger partial charge in [0, 0.05) is 29.7 Å². The fraction of sp³-hybridized carbons (Fsp3) is 0.357. The third-order valence-electron chi connectivity index (χ3n) is 3.11. The number of aliphatic hydroxyl groups excluding tert-OH is 1. The maximum atomic E-state index is 13.7. The molecule has 0 saturated heterocycles. The molecule has 1 aromatic carbocycles. The van der Waals surface area contributed by atoms with Gasteiger partial charge in [-0.15, -0.1) is 0 Å². The van der Waals surface area contributed by atoms with Crippen LogP contribution in [0, 0.1) is 5.82 Å². The highest BCUT2D eigenvalue weighted by Gasteiger charge is 2.16. The number of hydrogen-bond donors (Lipinski definition) is 1. The molecule has 1 N–H and O–H groups in total. The molecular weight excluding hydrogens is 267 g/mol. The lowest BCUT2D eigenvalue weighted by Crippen LogP contribution is -2.08. The lowest BCUT2D eigenvalue weighted by atomic mass is 10.0. The van der Waals surface area contributed by atoms with E-state index in [-0.39, 0.29) is 5.56 Å². The first-order valence-electron chi connectivity index (χ1n) is 6.16. The van der Waals surface area contributed by atoms with Gasteiger partial charge in [0.05, 0.1) is 11.8 Å². The summed E-state index contributed by atoms with van der Waals surface area (Å²) in [5, 5.41) is 14.9. The molecule has 102 valence electrons. The lowest BCUT2D eigenvalue weighted by molar-refractivity contribution is 0.171. The van der Waals surface area contributed by atoms with Gasteiger partial charge >= 0.3 is 0 Å². The Hall–Kier alpha value is -1.39. The Morgan fingerprint density at radius 3 is 2.79 bits per heavy atom. The molecule has 1 heterocycles. The summed E-state index contributed by atoms with van der Waals surface area (Å²) >= 11 is 5.83. The van der Waals surface area contributed by atoms with Gasteiger partial charge in [0.25, 0.3) is 0 Å². The summed E-state index contributed by atoms with van der Waals surface area (Å²) in [5.74, 6) is -0.449. The summed E-state index contributed by atoms with van der Waals surface area (Å²) in [6, 6.07) is 6.11. The molecule has 0 aliphatic rings. The number of hydrogen-bond acceptors (Lipinski definition) is 2. The molecule has 0 saturated carbocycles. The van der Waals surface area contributed by atoms with Crippen molar-refractivity contribution in [2.24, 2.45) is 7.05 Å². The minimum Gasteiger partial charge on any atom is -0.388 e. The van der Waals surface area contributed by atoms with Gasteiger partial charge in [0.2, 0.25) is 0 Å². The minimum atomic E-state index is -0.932. The van der Waals surface area contributed by atoms with Crippen LogP contribution in [0.25, 0.3) is 0 Å². The van der Waals surface area contributed by atoms with Crippen LogP contribution in [0.5, 0.6) is 0 Å². The molecule has 1 atom stereocenters. The number of aryl methyl sites for hydroxylation is 2. The Morgan fingerprint density at radius 1 is 1.42 bits per heavy atom. The molecule has 0 radical (unpaired) electrons. The first kappa shape index (κ1) is 14.0. The second kappa shape index (κ2) is 5.72. The summed E-state index contributed by atoms with van der Waals surface area (Å²) < 4.78 is 15.4. The zero-order chi connectivity index (χ0) is 14.0. The summed E-state index contributed by atoms with van der Waals surface area (Å²) in [5.41, 5.74) is 2.03. The van der Waals surface area contributed by atoms with E-state index in [1.807, 2.05) is 20.0 Å². The van der Waals surface area contributed by atoms with Crippen molar-refractivity contribution in [2.45, 2.75) is 25.9 Å². The Balaban J connectivity index is 2.22. The largest absolute Gasteiger partial charge is 0.388 e. The molecule has 0 spiro atoms. The number of nitrogens with zero attached hydrogens (tertiary/aromatic N) is 2. The average molecular weight is 283 g/mol.